The number of hydrogen-bond acceptors (Lipinski definition) is 0. The second kappa shape index (κ2) is 22.0. The van der Waals surface area contributed by atoms with Gasteiger partial charge in [-0.1, -0.05) is 0 Å². The summed E-state index contributed by atoms with van der Waals surface area (Å²) in [6, 6.07) is 0. The molecule has 0 aromatic rings. The SMILES string of the molecule is [CH3-].[Co].[Cr].[Mo]. The van der Waals surface area contributed by atoms with Crippen LogP contribution < -0.4 is 0 Å². The van der Waals surface area contributed by atoms with Crippen LogP contribution in [0.25, 0.3) is 0 Å². The summed E-state index contributed by atoms with van der Waals surface area (Å²) in [5.41, 5.74) is 0. The second-order valence-electron chi connectivity index (χ2n) is 0. The van der Waals surface area contributed by atoms with Gasteiger partial charge in [0.05, 0.1) is 0 Å². The molecule has 0 aromatic heterocycles. The first-order valence-corrected chi connectivity index (χ1v) is 0. The van der Waals surface area contributed by atoms with E-state index in [0.717, 1.165) is 0 Å². The minimum absolute atomic E-state index is 0. The van der Waals surface area contributed by atoms with Gasteiger partial charge in [0.2, 0.25) is 0 Å². The third-order valence-electron chi connectivity index (χ3n) is 0. The Morgan fingerprint density at radius 1 is 1.00 bits per heavy atom. The summed E-state index contributed by atoms with van der Waals surface area (Å²) in [6.45, 7) is 0. The van der Waals surface area contributed by atoms with E-state index < -0.39 is 0 Å². The van der Waals surface area contributed by atoms with Crippen molar-refractivity contribution in [2.45, 2.75) is 0 Å². The monoisotopic (exact) mass is 224 g/mol. The van der Waals surface area contributed by atoms with Crippen LogP contribution in [0.1, 0.15) is 0 Å². The van der Waals surface area contributed by atoms with E-state index in [2.05, 4.69) is 0 Å². The van der Waals surface area contributed by atoms with E-state index >= 15 is 0 Å². The molecule has 0 aliphatic carbocycles. The van der Waals surface area contributed by atoms with Gasteiger partial charge < -0.3 is 7.43 Å². The van der Waals surface area contributed by atoms with Crippen molar-refractivity contribution in [3.05, 3.63) is 7.43 Å². The molecule has 0 saturated carbocycles. The summed E-state index contributed by atoms with van der Waals surface area (Å²) < 4.78 is 0. The Labute approximate surface area is 62.3 Å². The minimum Gasteiger partial charge on any atom is -0.358 e. The topological polar surface area (TPSA) is 0 Å². The van der Waals surface area contributed by atoms with Crippen LogP contribution in [0.4, 0.5) is 0 Å². The van der Waals surface area contributed by atoms with E-state index in [4.69, 9.17) is 0 Å². The number of rotatable bonds is 0. The van der Waals surface area contributed by atoms with Gasteiger partial charge in [-0.3, -0.25) is 0 Å². The fraction of sp³-hybridized carbons (Fsp3) is 0. The van der Waals surface area contributed by atoms with Gasteiger partial charge in [-0.25, -0.2) is 0 Å². The first-order chi connectivity index (χ1) is 0. The summed E-state index contributed by atoms with van der Waals surface area (Å²) >= 11 is 0. The molecule has 0 atom stereocenters. The average Bonchev–Trinajstić information content (AvgIpc) is 0. The molecule has 4 heavy (non-hydrogen) atoms. The maximum Gasteiger partial charge on any atom is 0 e. The van der Waals surface area contributed by atoms with E-state index in [9.17, 15) is 0 Å². The molecule has 0 unspecified atom stereocenters. The largest absolute Gasteiger partial charge is 0.358 e. The molecule has 0 amide bonds. The molecule has 0 nitrogen and oxygen atoms in total. The molecular weight excluding hydrogens is 219 g/mol. The van der Waals surface area contributed by atoms with Crippen molar-refractivity contribution in [1.29, 1.82) is 0 Å². The Morgan fingerprint density at radius 2 is 1.00 bits per heavy atom. The molecule has 0 rings (SSSR count). The van der Waals surface area contributed by atoms with Gasteiger partial charge in [0, 0.05) is 55.2 Å². The smallest absolute Gasteiger partial charge is 0 e. The van der Waals surface area contributed by atoms with Crippen molar-refractivity contribution in [3.63, 3.8) is 0 Å². The Balaban J connectivity index is 0. The summed E-state index contributed by atoms with van der Waals surface area (Å²) in [4.78, 5) is 0. The van der Waals surface area contributed by atoms with Crippen LogP contribution in [0.15, 0.2) is 0 Å². The normalized spacial score (nSPS) is 0. The predicted octanol–water partition coefficient (Wildman–Crippen LogP) is 0.443. The van der Waals surface area contributed by atoms with E-state index in [0.29, 0.717) is 0 Å². The molecule has 0 N–H and O–H groups in total. The van der Waals surface area contributed by atoms with Gasteiger partial charge in [-0.05, 0) is 0 Å². The molecule has 0 spiro atoms. The van der Waals surface area contributed by atoms with Crippen LogP contribution in [0.3, 0.4) is 0 Å². The van der Waals surface area contributed by atoms with Gasteiger partial charge in [0.1, 0.15) is 0 Å². The van der Waals surface area contributed by atoms with Crippen LogP contribution >= 0.6 is 0 Å². The minimum atomic E-state index is 0. The Bertz CT molecular complexity index is 8.00. The zero-order valence-corrected chi connectivity index (χ0v) is 6.47. The maximum atomic E-state index is 0. The molecule has 0 bridgehead atoms. The van der Waals surface area contributed by atoms with E-state index in [1.807, 2.05) is 0 Å². The molecule has 1 radical (unpaired) electrons. The molecule has 0 aliphatic rings. The van der Waals surface area contributed by atoms with Crippen molar-refractivity contribution in [2.75, 3.05) is 0 Å². The van der Waals surface area contributed by atoms with Crippen molar-refractivity contribution < 1.29 is 55.2 Å². The van der Waals surface area contributed by atoms with Crippen LogP contribution in [0.2, 0.25) is 0 Å². The third-order valence-corrected chi connectivity index (χ3v) is 0. The second-order valence-corrected chi connectivity index (χ2v) is 0. The van der Waals surface area contributed by atoms with Crippen molar-refractivity contribution in [3.8, 4) is 0 Å². The van der Waals surface area contributed by atoms with Gasteiger partial charge in [0.15, 0.2) is 0 Å². The standard InChI is InChI=1S/CH3.Co.Cr.Mo/h1H3;;;/q-1;;;. The van der Waals surface area contributed by atoms with Crippen molar-refractivity contribution in [2.24, 2.45) is 0 Å². The summed E-state index contributed by atoms with van der Waals surface area (Å²) in [6.07, 6.45) is 0. The molecule has 29 valence electrons. The fourth-order valence-electron chi connectivity index (χ4n) is 0. The van der Waals surface area contributed by atoms with Gasteiger partial charge in [-0.15, -0.1) is 0 Å². The average molecular weight is 222 g/mol. The molecule has 0 fully saturated rings. The fourth-order valence-corrected chi connectivity index (χ4v) is 0. The zero-order valence-electron chi connectivity index (χ0n) is 2.15. The van der Waals surface area contributed by atoms with Crippen molar-refractivity contribution >= 4 is 0 Å². The molecule has 0 aromatic carbocycles. The summed E-state index contributed by atoms with van der Waals surface area (Å²) in [5, 5.41) is 0. The maximum absolute atomic E-state index is 0. The van der Waals surface area contributed by atoms with Gasteiger partial charge >= 0.3 is 0 Å². The molecule has 0 saturated heterocycles. The van der Waals surface area contributed by atoms with E-state index in [1.165, 1.54) is 0 Å². The van der Waals surface area contributed by atoms with Crippen LogP contribution in [-0.2, 0) is 55.2 Å². The summed E-state index contributed by atoms with van der Waals surface area (Å²) in [7, 11) is 0. The van der Waals surface area contributed by atoms with E-state index in [1.54, 1.807) is 0 Å². The Kier molecular flexibility index (Phi) is 236. The van der Waals surface area contributed by atoms with Gasteiger partial charge in [0.25, 0.3) is 0 Å². The van der Waals surface area contributed by atoms with E-state index in [-0.39, 0.29) is 62.6 Å². The quantitative estimate of drug-likeness (QED) is 0.412. The molecular formula is CH3CoCrMo-. The summed E-state index contributed by atoms with van der Waals surface area (Å²) in [5.74, 6) is 0. The molecule has 0 aliphatic heterocycles. The Hall–Kier alpha value is 1.73. The number of hydrogen-bond donors (Lipinski definition) is 0. The molecule has 3 heteroatoms. The van der Waals surface area contributed by atoms with Crippen LogP contribution in [0.5, 0.6) is 0 Å². The van der Waals surface area contributed by atoms with Gasteiger partial charge in [-0.2, -0.15) is 0 Å². The van der Waals surface area contributed by atoms with Crippen LogP contribution in [-0.4, -0.2) is 0 Å². The first kappa shape index (κ1) is 42.9. The van der Waals surface area contributed by atoms with Crippen LogP contribution in [0, 0.1) is 7.43 Å². The third kappa shape index (κ3) is 9.29. The first-order valence-electron chi connectivity index (χ1n) is 0. The predicted molar refractivity (Wildman–Crippen MR) is 6.41 cm³/mol. The zero-order chi connectivity index (χ0) is 0. The Morgan fingerprint density at radius 3 is 1.00 bits per heavy atom. The van der Waals surface area contributed by atoms with Crippen molar-refractivity contribution in [1.82, 2.24) is 0 Å². The molecule has 0 heterocycles.